The summed E-state index contributed by atoms with van der Waals surface area (Å²) in [5.41, 5.74) is 4.64. The summed E-state index contributed by atoms with van der Waals surface area (Å²) in [5, 5.41) is 0. The first-order valence-electron chi connectivity index (χ1n) is 5.09. The van der Waals surface area contributed by atoms with Gasteiger partial charge < -0.3 is 0 Å². The molecule has 4 heteroatoms. The van der Waals surface area contributed by atoms with Gasteiger partial charge in [0.2, 0.25) is 0 Å². The number of halogens is 2. The Labute approximate surface area is 104 Å². The van der Waals surface area contributed by atoms with E-state index in [2.05, 4.69) is 27.9 Å². The highest BCUT2D eigenvalue weighted by molar-refractivity contribution is 9.10. The SMILES string of the molecule is C=C(C)CCC(NN)c1cc(F)cc(Br)c1. The van der Waals surface area contributed by atoms with Gasteiger partial charge in [-0.05, 0) is 43.5 Å². The van der Waals surface area contributed by atoms with Crippen LogP contribution in [-0.4, -0.2) is 0 Å². The number of benzene rings is 1. The van der Waals surface area contributed by atoms with Crippen LogP contribution in [0.2, 0.25) is 0 Å². The zero-order valence-electron chi connectivity index (χ0n) is 9.26. The summed E-state index contributed by atoms with van der Waals surface area (Å²) in [6.07, 6.45) is 1.67. The van der Waals surface area contributed by atoms with Crippen LogP contribution in [0.25, 0.3) is 0 Å². The Balaban J connectivity index is 2.81. The Hall–Kier alpha value is -0.710. The molecule has 1 aromatic rings. The average Bonchev–Trinajstić information content (AvgIpc) is 2.16. The van der Waals surface area contributed by atoms with Gasteiger partial charge in [0.15, 0.2) is 0 Å². The molecule has 0 radical (unpaired) electrons. The van der Waals surface area contributed by atoms with Gasteiger partial charge >= 0.3 is 0 Å². The third-order valence-corrected chi connectivity index (χ3v) is 2.81. The van der Waals surface area contributed by atoms with Gasteiger partial charge in [-0.15, -0.1) is 6.58 Å². The van der Waals surface area contributed by atoms with E-state index < -0.39 is 0 Å². The second-order valence-corrected chi connectivity index (χ2v) is 4.83. The molecule has 0 aliphatic carbocycles. The number of rotatable bonds is 5. The van der Waals surface area contributed by atoms with Crippen molar-refractivity contribution in [2.75, 3.05) is 0 Å². The molecule has 2 nitrogen and oxygen atoms in total. The lowest BCUT2D eigenvalue weighted by Gasteiger charge is -2.16. The molecule has 88 valence electrons. The van der Waals surface area contributed by atoms with E-state index in [1.54, 1.807) is 0 Å². The molecule has 1 unspecified atom stereocenters. The third kappa shape index (κ3) is 4.04. The smallest absolute Gasteiger partial charge is 0.124 e. The van der Waals surface area contributed by atoms with Gasteiger partial charge in [-0.1, -0.05) is 21.5 Å². The highest BCUT2D eigenvalue weighted by Gasteiger charge is 2.11. The molecule has 1 rings (SSSR count). The van der Waals surface area contributed by atoms with Crippen molar-refractivity contribution in [2.24, 2.45) is 5.84 Å². The zero-order chi connectivity index (χ0) is 12.1. The molecule has 0 heterocycles. The van der Waals surface area contributed by atoms with Crippen LogP contribution in [0.3, 0.4) is 0 Å². The van der Waals surface area contributed by atoms with E-state index in [1.165, 1.54) is 12.1 Å². The molecule has 0 aliphatic heterocycles. The zero-order valence-corrected chi connectivity index (χ0v) is 10.8. The van der Waals surface area contributed by atoms with E-state index in [-0.39, 0.29) is 11.9 Å². The fraction of sp³-hybridized carbons (Fsp3) is 0.333. The fourth-order valence-electron chi connectivity index (χ4n) is 1.51. The van der Waals surface area contributed by atoms with Crippen molar-refractivity contribution < 1.29 is 4.39 Å². The van der Waals surface area contributed by atoms with Crippen molar-refractivity contribution in [3.63, 3.8) is 0 Å². The molecule has 0 bridgehead atoms. The maximum Gasteiger partial charge on any atom is 0.124 e. The Morgan fingerprint density at radius 2 is 2.25 bits per heavy atom. The predicted octanol–water partition coefficient (Wildman–Crippen LogP) is 3.45. The molecule has 0 aromatic heterocycles. The van der Waals surface area contributed by atoms with Crippen molar-refractivity contribution >= 4 is 15.9 Å². The molecule has 16 heavy (non-hydrogen) atoms. The molecule has 0 saturated carbocycles. The average molecular weight is 287 g/mol. The van der Waals surface area contributed by atoms with E-state index in [1.807, 2.05) is 13.0 Å². The van der Waals surface area contributed by atoms with Gasteiger partial charge in [0, 0.05) is 10.5 Å². The van der Waals surface area contributed by atoms with Crippen molar-refractivity contribution in [2.45, 2.75) is 25.8 Å². The van der Waals surface area contributed by atoms with E-state index in [0.29, 0.717) is 0 Å². The van der Waals surface area contributed by atoms with Crippen LogP contribution in [0.1, 0.15) is 31.4 Å². The summed E-state index contributed by atoms with van der Waals surface area (Å²) in [4.78, 5) is 0. The third-order valence-electron chi connectivity index (χ3n) is 2.35. The molecule has 1 aromatic carbocycles. The molecule has 0 aliphatic rings. The molecule has 0 spiro atoms. The van der Waals surface area contributed by atoms with Gasteiger partial charge in [0.25, 0.3) is 0 Å². The summed E-state index contributed by atoms with van der Waals surface area (Å²) in [7, 11) is 0. The summed E-state index contributed by atoms with van der Waals surface area (Å²) >= 11 is 3.26. The lowest BCUT2D eigenvalue weighted by molar-refractivity contribution is 0.511. The minimum Gasteiger partial charge on any atom is -0.271 e. The van der Waals surface area contributed by atoms with Gasteiger partial charge in [-0.2, -0.15) is 0 Å². The van der Waals surface area contributed by atoms with E-state index >= 15 is 0 Å². The minimum atomic E-state index is -0.264. The summed E-state index contributed by atoms with van der Waals surface area (Å²) in [6, 6.07) is 4.74. The monoisotopic (exact) mass is 286 g/mol. The maximum absolute atomic E-state index is 13.2. The van der Waals surface area contributed by atoms with Gasteiger partial charge in [-0.3, -0.25) is 11.3 Å². The molecule has 0 saturated heterocycles. The lowest BCUT2D eigenvalue weighted by Crippen LogP contribution is -2.28. The summed E-state index contributed by atoms with van der Waals surface area (Å²) in [5.74, 6) is 5.21. The molecular weight excluding hydrogens is 271 g/mol. The highest BCUT2D eigenvalue weighted by atomic mass is 79.9. The number of nitrogens with one attached hydrogen (secondary N) is 1. The second kappa shape index (κ2) is 6.13. The van der Waals surface area contributed by atoms with Crippen molar-refractivity contribution in [1.29, 1.82) is 0 Å². The predicted molar refractivity (Wildman–Crippen MR) is 68.2 cm³/mol. The number of allylic oxidation sites excluding steroid dienone is 1. The standard InChI is InChI=1S/C12H16BrFN2/c1-8(2)3-4-12(16-15)9-5-10(13)7-11(14)6-9/h5-7,12,16H,1,3-4,15H2,2H3. The molecule has 1 atom stereocenters. The number of nitrogens with two attached hydrogens (primary N) is 1. The van der Waals surface area contributed by atoms with Gasteiger partial charge in [0.1, 0.15) is 5.82 Å². The van der Waals surface area contributed by atoms with Crippen LogP contribution in [0.5, 0.6) is 0 Å². The molecule has 0 fully saturated rings. The van der Waals surface area contributed by atoms with Gasteiger partial charge in [0.05, 0.1) is 0 Å². The van der Waals surface area contributed by atoms with Gasteiger partial charge in [-0.25, -0.2) is 4.39 Å². The Kier molecular flexibility index (Phi) is 5.12. The number of hydrogen-bond acceptors (Lipinski definition) is 2. The number of hydrazine groups is 1. The van der Waals surface area contributed by atoms with Crippen LogP contribution in [0.4, 0.5) is 4.39 Å². The first-order valence-corrected chi connectivity index (χ1v) is 5.88. The van der Waals surface area contributed by atoms with E-state index in [0.717, 1.165) is 28.5 Å². The molecule has 0 amide bonds. The summed E-state index contributed by atoms with van der Waals surface area (Å²) < 4.78 is 13.9. The van der Waals surface area contributed by atoms with Crippen molar-refractivity contribution in [3.8, 4) is 0 Å². The Morgan fingerprint density at radius 1 is 1.56 bits per heavy atom. The summed E-state index contributed by atoms with van der Waals surface area (Å²) in [6.45, 7) is 5.81. The maximum atomic E-state index is 13.2. The normalized spacial score (nSPS) is 12.5. The minimum absolute atomic E-state index is 0.0521. The topological polar surface area (TPSA) is 38.0 Å². The van der Waals surface area contributed by atoms with Crippen LogP contribution in [0, 0.1) is 5.82 Å². The molecular formula is C12H16BrFN2. The largest absolute Gasteiger partial charge is 0.271 e. The Morgan fingerprint density at radius 3 is 2.75 bits per heavy atom. The van der Waals surface area contributed by atoms with E-state index in [9.17, 15) is 4.39 Å². The van der Waals surface area contributed by atoms with Crippen LogP contribution in [-0.2, 0) is 0 Å². The fourth-order valence-corrected chi connectivity index (χ4v) is 2.00. The van der Waals surface area contributed by atoms with Crippen LogP contribution in [0.15, 0.2) is 34.8 Å². The van der Waals surface area contributed by atoms with E-state index in [4.69, 9.17) is 5.84 Å². The van der Waals surface area contributed by atoms with Crippen molar-refractivity contribution in [1.82, 2.24) is 5.43 Å². The van der Waals surface area contributed by atoms with Crippen LogP contribution >= 0.6 is 15.9 Å². The second-order valence-electron chi connectivity index (χ2n) is 3.92. The number of hydrogen-bond donors (Lipinski definition) is 2. The quantitative estimate of drug-likeness (QED) is 0.494. The Bertz CT molecular complexity index is 359. The molecule has 3 N–H and O–H groups in total. The highest BCUT2D eigenvalue weighted by Crippen LogP contribution is 2.24. The van der Waals surface area contributed by atoms with Crippen molar-refractivity contribution in [3.05, 3.63) is 46.2 Å². The first-order chi connectivity index (χ1) is 7.52. The van der Waals surface area contributed by atoms with Crippen LogP contribution < -0.4 is 11.3 Å². The lowest BCUT2D eigenvalue weighted by atomic mass is 10.0. The first kappa shape index (κ1) is 13.4.